The average Bonchev–Trinajstić information content (AvgIpc) is 2.90. The molecule has 0 aliphatic heterocycles. The molecule has 1 aromatic carbocycles. The first-order chi connectivity index (χ1) is 7.69. The van der Waals surface area contributed by atoms with E-state index in [4.69, 9.17) is 5.73 Å². The van der Waals surface area contributed by atoms with Crippen molar-refractivity contribution >= 4 is 0 Å². The van der Waals surface area contributed by atoms with Crippen LogP contribution in [0, 0.1) is 0 Å². The lowest BCUT2D eigenvalue weighted by atomic mass is 10.0. The first-order valence-electron chi connectivity index (χ1n) is 5.31. The van der Waals surface area contributed by atoms with Gasteiger partial charge in [-0.2, -0.15) is 0 Å². The van der Waals surface area contributed by atoms with Gasteiger partial charge >= 0.3 is 0 Å². The van der Waals surface area contributed by atoms with Gasteiger partial charge in [-0.1, -0.05) is 24.3 Å². The Bertz CT molecular complexity index is 509. The molecule has 1 heterocycles. The van der Waals surface area contributed by atoms with Gasteiger partial charge < -0.3 is 5.73 Å². The standard InChI is InChI=1S/C11H13N5/c1-16-10(13-14-15-16)8-2-4-9(5-3-8)11(12)6-7-11/h2-5H,6-7,12H2,1H3. The zero-order valence-electron chi connectivity index (χ0n) is 9.09. The van der Waals surface area contributed by atoms with Gasteiger partial charge in [0.2, 0.25) is 0 Å². The fourth-order valence-corrected chi connectivity index (χ4v) is 1.85. The van der Waals surface area contributed by atoms with Crippen LogP contribution in [0.15, 0.2) is 24.3 Å². The van der Waals surface area contributed by atoms with Gasteiger partial charge in [-0.05, 0) is 28.8 Å². The number of hydrogen-bond donors (Lipinski definition) is 1. The Morgan fingerprint density at radius 1 is 1.25 bits per heavy atom. The molecule has 0 bridgehead atoms. The molecule has 82 valence electrons. The molecule has 3 rings (SSSR count). The molecule has 16 heavy (non-hydrogen) atoms. The zero-order chi connectivity index (χ0) is 11.2. The summed E-state index contributed by atoms with van der Waals surface area (Å²) in [7, 11) is 1.83. The van der Waals surface area contributed by atoms with E-state index in [1.165, 1.54) is 5.56 Å². The summed E-state index contributed by atoms with van der Waals surface area (Å²) in [5.74, 6) is 0.772. The number of hydrogen-bond acceptors (Lipinski definition) is 4. The summed E-state index contributed by atoms with van der Waals surface area (Å²) in [6.45, 7) is 0. The van der Waals surface area contributed by atoms with Gasteiger partial charge in [0.05, 0.1) is 0 Å². The van der Waals surface area contributed by atoms with Crippen LogP contribution in [0.25, 0.3) is 11.4 Å². The minimum Gasteiger partial charge on any atom is -0.321 e. The maximum Gasteiger partial charge on any atom is 0.181 e. The fourth-order valence-electron chi connectivity index (χ4n) is 1.85. The molecule has 2 aromatic rings. The summed E-state index contributed by atoms with van der Waals surface area (Å²) < 4.78 is 1.66. The van der Waals surface area contributed by atoms with Crippen LogP contribution in [0.4, 0.5) is 0 Å². The number of aromatic nitrogens is 4. The van der Waals surface area contributed by atoms with Crippen LogP contribution in [-0.4, -0.2) is 20.2 Å². The molecule has 5 nitrogen and oxygen atoms in total. The van der Waals surface area contributed by atoms with Crippen molar-refractivity contribution in [2.24, 2.45) is 12.8 Å². The number of benzene rings is 1. The topological polar surface area (TPSA) is 69.6 Å². The Morgan fingerprint density at radius 2 is 1.94 bits per heavy atom. The highest BCUT2D eigenvalue weighted by Crippen LogP contribution is 2.42. The lowest BCUT2D eigenvalue weighted by molar-refractivity contribution is 0.714. The van der Waals surface area contributed by atoms with Gasteiger partial charge in [0.1, 0.15) is 0 Å². The van der Waals surface area contributed by atoms with Gasteiger partial charge in [0.15, 0.2) is 5.82 Å². The van der Waals surface area contributed by atoms with Crippen LogP contribution in [-0.2, 0) is 12.6 Å². The third-order valence-corrected chi connectivity index (χ3v) is 3.13. The lowest BCUT2D eigenvalue weighted by Gasteiger charge is -2.09. The molecule has 1 fully saturated rings. The summed E-state index contributed by atoms with van der Waals surface area (Å²) in [5, 5.41) is 11.4. The van der Waals surface area contributed by atoms with E-state index in [-0.39, 0.29) is 5.54 Å². The van der Waals surface area contributed by atoms with E-state index in [9.17, 15) is 0 Å². The summed E-state index contributed by atoms with van der Waals surface area (Å²) >= 11 is 0. The number of aryl methyl sites for hydroxylation is 1. The molecular formula is C11H13N5. The van der Waals surface area contributed by atoms with Crippen molar-refractivity contribution in [3.8, 4) is 11.4 Å². The van der Waals surface area contributed by atoms with Crippen LogP contribution < -0.4 is 5.73 Å². The Balaban J connectivity index is 1.96. The molecule has 0 unspecified atom stereocenters. The first-order valence-corrected chi connectivity index (χ1v) is 5.31. The molecule has 0 amide bonds. The SMILES string of the molecule is Cn1nnnc1-c1ccc(C2(N)CC2)cc1. The molecule has 0 radical (unpaired) electrons. The van der Waals surface area contributed by atoms with E-state index in [1.807, 2.05) is 19.2 Å². The quantitative estimate of drug-likeness (QED) is 0.805. The Morgan fingerprint density at radius 3 is 2.44 bits per heavy atom. The van der Waals surface area contributed by atoms with E-state index in [0.717, 1.165) is 24.2 Å². The van der Waals surface area contributed by atoms with Crippen molar-refractivity contribution in [1.82, 2.24) is 20.2 Å². The molecule has 2 N–H and O–H groups in total. The fraction of sp³-hybridized carbons (Fsp3) is 0.364. The predicted octanol–water partition coefficient (Wildman–Crippen LogP) is 0.825. The van der Waals surface area contributed by atoms with Crippen molar-refractivity contribution in [2.75, 3.05) is 0 Å². The van der Waals surface area contributed by atoms with Crippen molar-refractivity contribution in [1.29, 1.82) is 0 Å². The smallest absolute Gasteiger partial charge is 0.181 e. The average molecular weight is 215 g/mol. The minimum atomic E-state index is -0.0728. The normalized spacial score (nSPS) is 17.4. The van der Waals surface area contributed by atoms with Crippen LogP contribution in [0.5, 0.6) is 0 Å². The Hall–Kier alpha value is -1.75. The maximum absolute atomic E-state index is 6.12. The van der Waals surface area contributed by atoms with Crippen LogP contribution in [0.1, 0.15) is 18.4 Å². The van der Waals surface area contributed by atoms with E-state index in [2.05, 4.69) is 27.7 Å². The van der Waals surface area contributed by atoms with Crippen molar-refractivity contribution in [2.45, 2.75) is 18.4 Å². The Labute approximate surface area is 93.3 Å². The molecule has 1 aliphatic carbocycles. The highest BCUT2D eigenvalue weighted by molar-refractivity contribution is 5.55. The molecule has 0 saturated heterocycles. The van der Waals surface area contributed by atoms with E-state index < -0.39 is 0 Å². The van der Waals surface area contributed by atoms with Crippen molar-refractivity contribution in [3.05, 3.63) is 29.8 Å². The number of rotatable bonds is 2. The molecule has 1 aromatic heterocycles. The minimum absolute atomic E-state index is 0.0728. The second-order valence-electron chi connectivity index (χ2n) is 4.36. The second-order valence-corrected chi connectivity index (χ2v) is 4.36. The number of tetrazole rings is 1. The lowest BCUT2D eigenvalue weighted by Crippen LogP contribution is -2.18. The summed E-state index contributed by atoms with van der Waals surface area (Å²) in [6, 6.07) is 8.18. The monoisotopic (exact) mass is 215 g/mol. The van der Waals surface area contributed by atoms with Gasteiger partial charge in [-0.15, -0.1) is 5.10 Å². The molecule has 0 atom stereocenters. The number of nitrogens with two attached hydrogens (primary N) is 1. The van der Waals surface area contributed by atoms with Crippen molar-refractivity contribution < 1.29 is 0 Å². The highest BCUT2D eigenvalue weighted by Gasteiger charge is 2.39. The van der Waals surface area contributed by atoms with Gasteiger partial charge in [0, 0.05) is 18.2 Å². The third-order valence-electron chi connectivity index (χ3n) is 3.13. The predicted molar refractivity (Wildman–Crippen MR) is 59.3 cm³/mol. The van der Waals surface area contributed by atoms with Crippen LogP contribution in [0.3, 0.4) is 0 Å². The molecular weight excluding hydrogens is 202 g/mol. The largest absolute Gasteiger partial charge is 0.321 e. The maximum atomic E-state index is 6.12. The summed E-state index contributed by atoms with van der Waals surface area (Å²) in [4.78, 5) is 0. The molecule has 5 heteroatoms. The second kappa shape index (κ2) is 3.12. The zero-order valence-corrected chi connectivity index (χ0v) is 9.09. The Kier molecular flexibility index (Phi) is 1.85. The van der Waals surface area contributed by atoms with Gasteiger partial charge in [0.25, 0.3) is 0 Å². The van der Waals surface area contributed by atoms with Crippen LogP contribution in [0.2, 0.25) is 0 Å². The summed E-state index contributed by atoms with van der Waals surface area (Å²) in [5.41, 5.74) is 8.26. The highest BCUT2D eigenvalue weighted by atomic mass is 15.5. The van der Waals surface area contributed by atoms with E-state index in [1.54, 1.807) is 4.68 Å². The first kappa shape index (κ1) is 9.47. The number of nitrogens with zero attached hydrogens (tertiary/aromatic N) is 4. The van der Waals surface area contributed by atoms with E-state index >= 15 is 0 Å². The van der Waals surface area contributed by atoms with Gasteiger partial charge in [-0.3, -0.25) is 0 Å². The van der Waals surface area contributed by atoms with Crippen molar-refractivity contribution in [3.63, 3.8) is 0 Å². The van der Waals surface area contributed by atoms with Crippen LogP contribution >= 0.6 is 0 Å². The molecule has 1 aliphatic rings. The summed E-state index contributed by atoms with van der Waals surface area (Å²) in [6.07, 6.45) is 2.16. The molecule has 1 saturated carbocycles. The van der Waals surface area contributed by atoms with Gasteiger partial charge in [-0.25, -0.2) is 4.68 Å². The molecule has 0 spiro atoms. The third kappa shape index (κ3) is 1.40. The van der Waals surface area contributed by atoms with E-state index in [0.29, 0.717) is 0 Å².